The number of ether oxygens (including phenoxy) is 1. The Kier molecular flexibility index (Phi) is 5.07. The second-order valence-electron chi connectivity index (χ2n) is 5.40. The molecule has 0 heterocycles. The number of hydrogen-bond donors (Lipinski definition) is 1. The van der Waals surface area contributed by atoms with E-state index in [2.05, 4.69) is 26.2 Å². The van der Waals surface area contributed by atoms with Crippen LogP contribution in [0.5, 0.6) is 0 Å². The van der Waals surface area contributed by atoms with Gasteiger partial charge in [-0.05, 0) is 51.5 Å². The van der Waals surface area contributed by atoms with Crippen molar-refractivity contribution in [2.24, 2.45) is 5.92 Å². The van der Waals surface area contributed by atoms with Crippen molar-refractivity contribution in [3.05, 3.63) is 0 Å². The molecule has 0 spiro atoms. The van der Waals surface area contributed by atoms with Crippen LogP contribution in [0.3, 0.4) is 0 Å². The molecule has 1 unspecified atom stereocenters. The molecule has 0 aromatic rings. The number of rotatable bonds is 7. The fraction of sp³-hybridized carbons (Fsp3) is 1.00. The van der Waals surface area contributed by atoms with E-state index in [4.69, 9.17) is 4.74 Å². The van der Waals surface area contributed by atoms with Crippen LogP contribution in [-0.2, 0) is 4.74 Å². The molecule has 0 saturated heterocycles. The summed E-state index contributed by atoms with van der Waals surface area (Å²) >= 11 is 0. The van der Waals surface area contributed by atoms with E-state index in [-0.39, 0.29) is 5.60 Å². The molecule has 0 bridgehead atoms. The summed E-state index contributed by atoms with van der Waals surface area (Å²) in [4.78, 5) is 0. The van der Waals surface area contributed by atoms with Gasteiger partial charge in [0, 0.05) is 13.2 Å². The molecule has 1 fully saturated rings. The van der Waals surface area contributed by atoms with Gasteiger partial charge >= 0.3 is 0 Å². The van der Waals surface area contributed by atoms with Crippen LogP contribution in [0.4, 0.5) is 0 Å². The van der Waals surface area contributed by atoms with Crippen LogP contribution in [0.25, 0.3) is 0 Å². The first-order valence-corrected chi connectivity index (χ1v) is 6.34. The fourth-order valence-corrected chi connectivity index (χ4v) is 2.39. The third-order valence-electron chi connectivity index (χ3n) is 3.82. The normalized spacial score (nSPS) is 21.4. The summed E-state index contributed by atoms with van der Waals surface area (Å²) in [5.41, 5.74) is 0.213. The maximum atomic E-state index is 5.67. The van der Waals surface area contributed by atoms with Gasteiger partial charge in [-0.15, -0.1) is 0 Å². The Hall–Kier alpha value is -0.0800. The monoisotopic (exact) mass is 213 g/mol. The molecule has 0 aromatic heterocycles. The van der Waals surface area contributed by atoms with Crippen LogP contribution in [0, 0.1) is 5.92 Å². The number of nitrogens with one attached hydrogen (secondary N) is 1. The first-order valence-electron chi connectivity index (χ1n) is 6.34. The Bertz CT molecular complexity index is 170. The van der Waals surface area contributed by atoms with Gasteiger partial charge in [0.25, 0.3) is 0 Å². The minimum absolute atomic E-state index is 0.213. The maximum Gasteiger partial charge on any atom is 0.0693 e. The Labute approximate surface area is 94.8 Å². The van der Waals surface area contributed by atoms with Gasteiger partial charge in [-0.2, -0.15) is 0 Å². The zero-order chi connectivity index (χ0) is 11.3. The van der Waals surface area contributed by atoms with Gasteiger partial charge in [0.15, 0.2) is 0 Å². The quantitative estimate of drug-likeness (QED) is 0.702. The second kappa shape index (κ2) is 5.86. The molecule has 15 heavy (non-hydrogen) atoms. The molecule has 1 aliphatic rings. The van der Waals surface area contributed by atoms with Crippen molar-refractivity contribution in [2.75, 3.05) is 14.2 Å². The van der Waals surface area contributed by atoms with Crippen molar-refractivity contribution in [3.63, 3.8) is 0 Å². The highest BCUT2D eigenvalue weighted by Crippen LogP contribution is 2.39. The Balaban J connectivity index is 2.31. The lowest BCUT2D eigenvalue weighted by Crippen LogP contribution is -2.45. The first-order chi connectivity index (χ1) is 7.12. The minimum Gasteiger partial charge on any atom is -0.378 e. The van der Waals surface area contributed by atoms with Gasteiger partial charge in [-0.3, -0.25) is 0 Å². The summed E-state index contributed by atoms with van der Waals surface area (Å²) in [5.74, 6) is 0.806. The van der Waals surface area contributed by atoms with Crippen LogP contribution >= 0.6 is 0 Å². The SMILES string of the molecule is CNC(CCC(C)C)CC1(OC)CCC1. The van der Waals surface area contributed by atoms with Crippen molar-refractivity contribution >= 4 is 0 Å². The summed E-state index contributed by atoms with van der Waals surface area (Å²) in [6.07, 6.45) is 7.62. The molecule has 1 aliphatic carbocycles. The predicted molar refractivity (Wildman–Crippen MR) is 65.1 cm³/mol. The zero-order valence-corrected chi connectivity index (χ0v) is 10.8. The summed E-state index contributed by atoms with van der Waals surface area (Å²) in [6, 6.07) is 0.632. The lowest BCUT2D eigenvalue weighted by atomic mass is 9.75. The summed E-state index contributed by atoms with van der Waals surface area (Å²) < 4.78 is 5.67. The average molecular weight is 213 g/mol. The largest absolute Gasteiger partial charge is 0.378 e. The molecule has 1 N–H and O–H groups in total. The third kappa shape index (κ3) is 3.76. The van der Waals surface area contributed by atoms with Crippen molar-refractivity contribution in [3.8, 4) is 0 Å². The van der Waals surface area contributed by atoms with E-state index in [0.717, 1.165) is 5.92 Å². The van der Waals surface area contributed by atoms with Gasteiger partial charge < -0.3 is 10.1 Å². The Morgan fingerprint density at radius 3 is 2.27 bits per heavy atom. The third-order valence-corrected chi connectivity index (χ3v) is 3.82. The molecule has 0 amide bonds. The van der Waals surface area contributed by atoms with Crippen LogP contribution in [0.15, 0.2) is 0 Å². The minimum atomic E-state index is 0.213. The molecular weight excluding hydrogens is 186 g/mol. The van der Waals surface area contributed by atoms with E-state index < -0.39 is 0 Å². The molecule has 0 aromatic carbocycles. The molecule has 2 nitrogen and oxygen atoms in total. The highest BCUT2D eigenvalue weighted by atomic mass is 16.5. The smallest absolute Gasteiger partial charge is 0.0693 e. The zero-order valence-electron chi connectivity index (χ0n) is 10.8. The van der Waals surface area contributed by atoms with E-state index >= 15 is 0 Å². The van der Waals surface area contributed by atoms with Crippen molar-refractivity contribution < 1.29 is 4.74 Å². The highest BCUT2D eigenvalue weighted by molar-refractivity contribution is 4.92. The predicted octanol–water partition coefficient (Wildman–Crippen LogP) is 2.97. The van der Waals surface area contributed by atoms with Crippen LogP contribution in [0.1, 0.15) is 52.4 Å². The van der Waals surface area contributed by atoms with E-state index in [9.17, 15) is 0 Å². The van der Waals surface area contributed by atoms with Crippen molar-refractivity contribution in [2.45, 2.75) is 64.0 Å². The average Bonchev–Trinajstić information content (AvgIpc) is 2.16. The first kappa shape index (κ1) is 13.0. The maximum absolute atomic E-state index is 5.67. The Morgan fingerprint density at radius 1 is 1.27 bits per heavy atom. The van der Waals surface area contributed by atoms with E-state index in [1.165, 1.54) is 38.5 Å². The molecule has 90 valence electrons. The molecule has 0 radical (unpaired) electrons. The van der Waals surface area contributed by atoms with Gasteiger partial charge in [0.1, 0.15) is 0 Å². The van der Waals surface area contributed by atoms with Crippen molar-refractivity contribution in [1.29, 1.82) is 0 Å². The van der Waals surface area contributed by atoms with Crippen LogP contribution in [-0.4, -0.2) is 25.8 Å². The van der Waals surface area contributed by atoms with Crippen LogP contribution < -0.4 is 5.32 Å². The van der Waals surface area contributed by atoms with Gasteiger partial charge in [0.05, 0.1) is 5.60 Å². The lowest BCUT2D eigenvalue weighted by molar-refractivity contribution is -0.0837. The topological polar surface area (TPSA) is 21.3 Å². The molecule has 1 rings (SSSR count). The Morgan fingerprint density at radius 2 is 1.93 bits per heavy atom. The molecular formula is C13H27NO. The molecule has 0 aliphatic heterocycles. The van der Waals surface area contributed by atoms with E-state index in [1.54, 1.807) is 0 Å². The van der Waals surface area contributed by atoms with E-state index in [1.807, 2.05) is 7.11 Å². The standard InChI is InChI=1S/C13H27NO/c1-11(2)6-7-12(14-3)10-13(15-4)8-5-9-13/h11-12,14H,5-10H2,1-4H3. The molecule has 1 saturated carbocycles. The van der Waals surface area contributed by atoms with Crippen LogP contribution in [0.2, 0.25) is 0 Å². The number of methoxy groups -OCH3 is 1. The summed E-state index contributed by atoms with van der Waals surface area (Å²) in [5, 5.41) is 3.44. The van der Waals surface area contributed by atoms with E-state index in [0.29, 0.717) is 6.04 Å². The van der Waals surface area contributed by atoms with Crippen molar-refractivity contribution in [1.82, 2.24) is 5.32 Å². The fourth-order valence-electron chi connectivity index (χ4n) is 2.39. The summed E-state index contributed by atoms with van der Waals surface area (Å²) in [6.45, 7) is 4.59. The molecule has 2 heteroatoms. The second-order valence-corrected chi connectivity index (χ2v) is 5.40. The van der Waals surface area contributed by atoms with Gasteiger partial charge in [0.2, 0.25) is 0 Å². The number of hydrogen-bond acceptors (Lipinski definition) is 2. The van der Waals surface area contributed by atoms with Gasteiger partial charge in [-0.25, -0.2) is 0 Å². The highest BCUT2D eigenvalue weighted by Gasteiger charge is 2.38. The summed E-state index contributed by atoms with van der Waals surface area (Å²) in [7, 11) is 3.95. The molecule has 1 atom stereocenters. The lowest BCUT2D eigenvalue weighted by Gasteiger charge is -2.43. The van der Waals surface area contributed by atoms with Gasteiger partial charge in [-0.1, -0.05) is 13.8 Å².